The molecule has 23 heavy (non-hydrogen) atoms. The first kappa shape index (κ1) is 15.8. The van der Waals surface area contributed by atoms with Gasteiger partial charge >= 0.3 is 0 Å². The standard InChI is InChI=1S/C16H22N6O/c1-22(12-14-9-17-4-5-18-14)11-13-7-19-16(20-8-13)21-10-15-3-2-6-23-15/h4-5,7-9,15H,2-3,6,10-12H2,1H3,(H,19,20,21)/t15-/m0/s1. The second-order valence-electron chi connectivity index (χ2n) is 5.80. The molecule has 122 valence electrons. The van der Waals surface area contributed by atoms with Crippen molar-refractivity contribution in [1.29, 1.82) is 0 Å². The minimum absolute atomic E-state index is 0.288. The average Bonchev–Trinajstić information content (AvgIpc) is 3.08. The van der Waals surface area contributed by atoms with E-state index >= 15 is 0 Å². The summed E-state index contributed by atoms with van der Waals surface area (Å²) in [5.41, 5.74) is 2.02. The molecule has 7 nitrogen and oxygen atoms in total. The molecular weight excluding hydrogens is 292 g/mol. The molecule has 0 amide bonds. The van der Waals surface area contributed by atoms with Gasteiger partial charge in [0.1, 0.15) is 0 Å². The largest absolute Gasteiger partial charge is 0.376 e. The number of hydrogen-bond acceptors (Lipinski definition) is 7. The lowest BCUT2D eigenvalue weighted by Gasteiger charge is -2.16. The molecule has 1 aliphatic heterocycles. The summed E-state index contributed by atoms with van der Waals surface area (Å²) in [4.78, 5) is 19.2. The first-order valence-electron chi connectivity index (χ1n) is 7.89. The number of nitrogens with zero attached hydrogens (tertiary/aromatic N) is 5. The maximum absolute atomic E-state index is 5.57. The van der Waals surface area contributed by atoms with E-state index in [0.717, 1.165) is 50.3 Å². The van der Waals surface area contributed by atoms with Gasteiger partial charge in [0.15, 0.2) is 0 Å². The number of anilines is 1. The van der Waals surface area contributed by atoms with Crippen LogP contribution >= 0.6 is 0 Å². The second-order valence-corrected chi connectivity index (χ2v) is 5.80. The highest BCUT2D eigenvalue weighted by Gasteiger charge is 2.15. The minimum Gasteiger partial charge on any atom is -0.376 e. The molecular formula is C16H22N6O. The van der Waals surface area contributed by atoms with Gasteiger partial charge in [-0.15, -0.1) is 0 Å². The average molecular weight is 314 g/mol. The molecule has 7 heteroatoms. The molecule has 0 bridgehead atoms. The molecule has 0 aromatic carbocycles. The smallest absolute Gasteiger partial charge is 0.222 e. The highest BCUT2D eigenvalue weighted by Crippen LogP contribution is 2.12. The molecule has 0 radical (unpaired) electrons. The van der Waals surface area contributed by atoms with Crippen molar-refractivity contribution in [3.63, 3.8) is 0 Å². The summed E-state index contributed by atoms with van der Waals surface area (Å²) in [7, 11) is 2.04. The normalized spacial score (nSPS) is 17.6. The van der Waals surface area contributed by atoms with E-state index in [1.807, 2.05) is 19.4 Å². The molecule has 0 spiro atoms. The van der Waals surface area contributed by atoms with Crippen LogP contribution in [0.15, 0.2) is 31.0 Å². The van der Waals surface area contributed by atoms with Crippen LogP contribution in [0.2, 0.25) is 0 Å². The van der Waals surface area contributed by atoms with E-state index in [0.29, 0.717) is 5.95 Å². The van der Waals surface area contributed by atoms with E-state index in [1.54, 1.807) is 18.6 Å². The van der Waals surface area contributed by atoms with Gasteiger partial charge in [-0.2, -0.15) is 0 Å². The molecule has 1 saturated heterocycles. The lowest BCUT2D eigenvalue weighted by Crippen LogP contribution is -2.20. The Labute approximate surface area is 136 Å². The number of hydrogen-bond donors (Lipinski definition) is 1. The van der Waals surface area contributed by atoms with Crippen LogP contribution in [0.5, 0.6) is 0 Å². The van der Waals surface area contributed by atoms with Crippen LogP contribution in [0.25, 0.3) is 0 Å². The topological polar surface area (TPSA) is 76.1 Å². The van der Waals surface area contributed by atoms with Gasteiger partial charge in [0.25, 0.3) is 0 Å². The molecule has 1 aliphatic rings. The fourth-order valence-electron chi connectivity index (χ4n) is 2.59. The van der Waals surface area contributed by atoms with Crippen LogP contribution in [0.3, 0.4) is 0 Å². The summed E-state index contributed by atoms with van der Waals surface area (Å²) < 4.78 is 5.57. The monoisotopic (exact) mass is 314 g/mol. The van der Waals surface area contributed by atoms with Gasteiger partial charge in [-0.3, -0.25) is 14.9 Å². The van der Waals surface area contributed by atoms with Crippen molar-refractivity contribution in [2.24, 2.45) is 0 Å². The van der Waals surface area contributed by atoms with Crippen molar-refractivity contribution >= 4 is 5.95 Å². The number of nitrogens with one attached hydrogen (secondary N) is 1. The molecule has 0 saturated carbocycles. The molecule has 3 heterocycles. The van der Waals surface area contributed by atoms with E-state index in [4.69, 9.17) is 4.74 Å². The third-order valence-corrected chi connectivity index (χ3v) is 3.72. The third kappa shape index (κ3) is 4.94. The summed E-state index contributed by atoms with van der Waals surface area (Å²) in [5, 5.41) is 3.23. The van der Waals surface area contributed by atoms with Crippen LogP contribution in [-0.2, 0) is 17.8 Å². The molecule has 2 aromatic rings. The van der Waals surface area contributed by atoms with Crippen molar-refractivity contribution in [3.8, 4) is 0 Å². The molecule has 1 atom stereocenters. The molecule has 0 aliphatic carbocycles. The highest BCUT2D eigenvalue weighted by atomic mass is 16.5. The first-order valence-corrected chi connectivity index (χ1v) is 7.89. The third-order valence-electron chi connectivity index (χ3n) is 3.72. The van der Waals surface area contributed by atoms with Gasteiger partial charge < -0.3 is 10.1 Å². The van der Waals surface area contributed by atoms with Gasteiger partial charge in [-0.1, -0.05) is 0 Å². The molecule has 1 N–H and O–H groups in total. The van der Waals surface area contributed by atoms with Crippen molar-refractivity contribution in [1.82, 2.24) is 24.8 Å². The summed E-state index contributed by atoms with van der Waals surface area (Å²) >= 11 is 0. The van der Waals surface area contributed by atoms with E-state index < -0.39 is 0 Å². The highest BCUT2D eigenvalue weighted by molar-refractivity contribution is 5.24. The van der Waals surface area contributed by atoms with Crippen LogP contribution < -0.4 is 5.32 Å². The van der Waals surface area contributed by atoms with Gasteiger partial charge in [-0.25, -0.2) is 9.97 Å². The number of aromatic nitrogens is 4. The molecule has 3 rings (SSSR count). The maximum Gasteiger partial charge on any atom is 0.222 e. The zero-order valence-corrected chi connectivity index (χ0v) is 13.4. The summed E-state index contributed by atoms with van der Waals surface area (Å²) in [5.74, 6) is 0.654. The Morgan fingerprint density at radius 3 is 2.74 bits per heavy atom. The lowest BCUT2D eigenvalue weighted by atomic mass is 10.2. The zero-order valence-electron chi connectivity index (χ0n) is 13.4. The van der Waals surface area contributed by atoms with Crippen LogP contribution in [-0.4, -0.2) is 51.1 Å². The van der Waals surface area contributed by atoms with Crippen molar-refractivity contribution in [2.45, 2.75) is 32.0 Å². The summed E-state index contributed by atoms with van der Waals surface area (Å²) in [6.07, 6.45) is 11.4. The molecule has 2 aromatic heterocycles. The van der Waals surface area contributed by atoms with Crippen LogP contribution in [0.1, 0.15) is 24.1 Å². The van der Waals surface area contributed by atoms with Gasteiger partial charge in [0.05, 0.1) is 11.8 Å². The van der Waals surface area contributed by atoms with Gasteiger partial charge in [-0.05, 0) is 19.9 Å². The quantitative estimate of drug-likeness (QED) is 0.829. The maximum atomic E-state index is 5.57. The second kappa shape index (κ2) is 7.94. The van der Waals surface area contributed by atoms with Crippen molar-refractivity contribution in [3.05, 3.63) is 42.2 Å². The lowest BCUT2D eigenvalue weighted by molar-refractivity contribution is 0.120. The molecule has 1 fully saturated rings. The van der Waals surface area contributed by atoms with Crippen LogP contribution in [0.4, 0.5) is 5.95 Å². The van der Waals surface area contributed by atoms with Gasteiger partial charge in [0, 0.05) is 62.8 Å². The zero-order chi connectivity index (χ0) is 15.9. The minimum atomic E-state index is 0.288. The van der Waals surface area contributed by atoms with Crippen LogP contribution in [0, 0.1) is 0 Å². The Morgan fingerprint density at radius 1 is 1.17 bits per heavy atom. The van der Waals surface area contributed by atoms with Crippen molar-refractivity contribution in [2.75, 3.05) is 25.5 Å². The Balaban J connectivity index is 1.46. The Kier molecular flexibility index (Phi) is 5.44. The Bertz CT molecular complexity index is 585. The first-order chi connectivity index (χ1) is 11.3. The van der Waals surface area contributed by atoms with E-state index in [9.17, 15) is 0 Å². The van der Waals surface area contributed by atoms with E-state index in [-0.39, 0.29) is 6.10 Å². The summed E-state index contributed by atoms with van der Waals surface area (Å²) in [6, 6.07) is 0. The Hall–Kier alpha value is -2.12. The van der Waals surface area contributed by atoms with Gasteiger partial charge in [0.2, 0.25) is 5.95 Å². The SMILES string of the molecule is CN(Cc1cnc(NC[C@@H]2CCCO2)nc1)Cc1cnccn1. The Morgan fingerprint density at radius 2 is 2.04 bits per heavy atom. The molecule has 0 unspecified atom stereocenters. The fourth-order valence-corrected chi connectivity index (χ4v) is 2.59. The fraction of sp³-hybridized carbons (Fsp3) is 0.500. The van der Waals surface area contributed by atoms with Crippen molar-refractivity contribution < 1.29 is 4.74 Å². The predicted molar refractivity (Wildman–Crippen MR) is 86.7 cm³/mol. The number of rotatable bonds is 7. The number of ether oxygens (including phenoxy) is 1. The predicted octanol–water partition coefficient (Wildman–Crippen LogP) is 1.49. The van der Waals surface area contributed by atoms with E-state index in [2.05, 4.69) is 30.2 Å². The van der Waals surface area contributed by atoms with E-state index in [1.165, 1.54) is 0 Å². The summed E-state index contributed by atoms with van der Waals surface area (Å²) in [6.45, 7) is 3.14.